The number of carboxylic acids is 2. The van der Waals surface area contributed by atoms with E-state index in [9.17, 15) is 42.3 Å². The summed E-state index contributed by atoms with van der Waals surface area (Å²) in [7, 11) is 0. The number of hydrogen-bond donors (Lipinski definition) is 7. The fraction of sp³-hybridized carbons (Fsp3) is 0.405. The van der Waals surface area contributed by atoms with Crippen LogP contribution in [0.5, 0.6) is 0 Å². The van der Waals surface area contributed by atoms with Gasteiger partial charge in [-0.05, 0) is 67.6 Å². The summed E-state index contributed by atoms with van der Waals surface area (Å²) in [5.41, 5.74) is 13.8. The highest BCUT2D eigenvalue weighted by atomic mass is 19.4. The largest absolute Gasteiger partial charge is 0.490 e. The number of piperidine rings is 1. The maximum atomic E-state index is 14.3. The van der Waals surface area contributed by atoms with Crippen LogP contribution in [0.25, 0.3) is 0 Å². The van der Waals surface area contributed by atoms with Crippen molar-refractivity contribution in [1.29, 1.82) is 0 Å². The molecule has 2 saturated heterocycles. The van der Waals surface area contributed by atoms with Gasteiger partial charge in [0.1, 0.15) is 18.1 Å². The van der Waals surface area contributed by atoms with Crippen LogP contribution < -0.4 is 27.4 Å². The molecule has 0 bridgehead atoms. The molecule has 60 heavy (non-hydrogen) atoms. The van der Waals surface area contributed by atoms with Crippen molar-refractivity contribution in [3.05, 3.63) is 108 Å². The van der Waals surface area contributed by atoms with Crippen LogP contribution in [-0.4, -0.2) is 99.6 Å². The van der Waals surface area contributed by atoms with E-state index in [1.165, 1.54) is 0 Å². The minimum absolute atomic E-state index is 0.0296. The quantitative estimate of drug-likeness (QED) is 0.0595. The summed E-state index contributed by atoms with van der Waals surface area (Å²) in [5, 5.41) is 25.4. The Hall–Kier alpha value is -6.46. The smallest absolute Gasteiger partial charge is 0.481 e. The predicted octanol–water partition coefficient (Wildman–Crippen LogP) is 2.71. The molecule has 0 radical (unpaired) electrons. The van der Waals surface area contributed by atoms with Crippen molar-refractivity contribution in [1.82, 2.24) is 20.9 Å². The molecular formula is C42H50F3N7O8. The number of aliphatic carboxylic acids is 2. The number of guanidine groups is 1. The monoisotopic (exact) mass is 837 g/mol. The summed E-state index contributed by atoms with van der Waals surface area (Å²) < 4.78 is 31.7. The van der Waals surface area contributed by atoms with Gasteiger partial charge in [-0.15, -0.1) is 0 Å². The summed E-state index contributed by atoms with van der Waals surface area (Å²) >= 11 is 0. The number of fused-ring (bicyclic) bond motifs is 1. The maximum absolute atomic E-state index is 14.3. The van der Waals surface area contributed by atoms with Crippen LogP contribution in [0.3, 0.4) is 0 Å². The van der Waals surface area contributed by atoms with Gasteiger partial charge in [0, 0.05) is 18.6 Å². The van der Waals surface area contributed by atoms with E-state index in [2.05, 4.69) is 20.9 Å². The highest BCUT2D eigenvalue weighted by molar-refractivity contribution is 5.95. The molecule has 9 N–H and O–H groups in total. The Bertz CT molecular complexity index is 1950. The molecule has 1 unspecified atom stereocenters. The molecule has 3 aromatic rings. The Labute approximate surface area is 344 Å². The summed E-state index contributed by atoms with van der Waals surface area (Å²) in [5.74, 6) is -5.60. The predicted molar refractivity (Wildman–Crippen MR) is 214 cm³/mol. The number of carbonyl (C=O) groups excluding carboxylic acids is 4. The highest BCUT2D eigenvalue weighted by Crippen LogP contribution is 2.39. The molecule has 3 aromatic carbocycles. The van der Waals surface area contributed by atoms with Gasteiger partial charge in [0.25, 0.3) is 0 Å². The first-order valence-corrected chi connectivity index (χ1v) is 19.4. The topological polar surface area (TPSA) is 247 Å². The van der Waals surface area contributed by atoms with Gasteiger partial charge in [-0.25, -0.2) is 4.79 Å². The average Bonchev–Trinajstić information content (AvgIpc) is 3.56. The van der Waals surface area contributed by atoms with Crippen LogP contribution in [0.2, 0.25) is 0 Å². The van der Waals surface area contributed by atoms with Crippen LogP contribution in [-0.2, 0) is 48.0 Å². The van der Waals surface area contributed by atoms with Crippen LogP contribution in [0.1, 0.15) is 55.2 Å². The Morgan fingerprint density at radius 3 is 1.95 bits per heavy atom. The molecule has 0 aliphatic carbocycles. The fourth-order valence-electron chi connectivity index (χ4n) is 7.50. The number of carboxylic acid groups (broad SMARTS) is 2. The van der Waals surface area contributed by atoms with Crippen molar-refractivity contribution in [3.63, 3.8) is 0 Å². The van der Waals surface area contributed by atoms with E-state index in [1.54, 1.807) is 4.90 Å². The van der Waals surface area contributed by atoms with E-state index in [0.29, 0.717) is 32.1 Å². The van der Waals surface area contributed by atoms with Gasteiger partial charge >= 0.3 is 18.1 Å². The molecule has 2 heterocycles. The van der Waals surface area contributed by atoms with Gasteiger partial charge in [0.2, 0.25) is 23.6 Å². The second kappa shape index (κ2) is 22.1. The molecular weight excluding hydrogens is 787 g/mol. The Morgan fingerprint density at radius 2 is 1.40 bits per heavy atom. The Balaban J connectivity index is 0.00000104. The van der Waals surface area contributed by atoms with E-state index in [-0.39, 0.29) is 62.0 Å². The molecule has 0 saturated carbocycles. The zero-order valence-electron chi connectivity index (χ0n) is 32.7. The van der Waals surface area contributed by atoms with Crippen molar-refractivity contribution in [2.45, 2.75) is 94.2 Å². The number of nitrogens with one attached hydrogen (secondary N) is 3. The van der Waals surface area contributed by atoms with Gasteiger partial charge in [-0.3, -0.25) is 29.0 Å². The summed E-state index contributed by atoms with van der Waals surface area (Å²) in [4.78, 5) is 81.6. The van der Waals surface area contributed by atoms with E-state index in [0.717, 1.165) is 16.7 Å². The SMILES string of the molecule is NC(N)=NCCC[C@H](NC(=O)[C@@H]1C[C@H](Cc2ccccc2)[C@H]2CCC(NC(=O)Cc3ccccc3)C(=O)N21)C(=O)N[C@@H](CC(=O)O)Cc1ccccc1.O=C(O)C(F)(F)F. The lowest BCUT2D eigenvalue weighted by atomic mass is 9.86. The van der Waals surface area contributed by atoms with Crippen LogP contribution in [0.15, 0.2) is 96.0 Å². The van der Waals surface area contributed by atoms with Crippen molar-refractivity contribution in [2.24, 2.45) is 22.4 Å². The number of aliphatic imine (C=N–C) groups is 1. The van der Waals surface area contributed by atoms with Crippen molar-refractivity contribution in [3.8, 4) is 0 Å². The molecule has 322 valence electrons. The number of amides is 4. The zero-order valence-corrected chi connectivity index (χ0v) is 32.7. The number of alkyl halides is 3. The number of rotatable bonds is 17. The molecule has 2 aliphatic rings. The first-order chi connectivity index (χ1) is 28.5. The molecule has 15 nitrogen and oxygen atoms in total. The summed E-state index contributed by atoms with van der Waals surface area (Å²) in [6, 6.07) is 24.7. The van der Waals surface area contributed by atoms with Crippen LogP contribution >= 0.6 is 0 Å². The third kappa shape index (κ3) is 14.4. The highest BCUT2D eigenvalue weighted by Gasteiger charge is 2.51. The Kier molecular flexibility index (Phi) is 17.0. The van der Waals surface area contributed by atoms with E-state index < -0.39 is 54.1 Å². The van der Waals surface area contributed by atoms with Crippen LogP contribution in [0, 0.1) is 5.92 Å². The third-order valence-electron chi connectivity index (χ3n) is 10.2. The molecule has 2 fully saturated rings. The minimum atomic E-state index is -5.08. The number of nitrogens with zero attached hydrogens (tertiary/aromatic N) is 2. The third-order valence-corrected chi connectivity index (χ3v) is 10.2. The molecule has 5 rings (SSSR count). The molecule has 2 aliphatic heterocycles. The minimum Gasteiger partial charge on any atom is -0.481 e. The summed E-state index contributed by atoms with van der Waals surface area (Å²) in [6.07, 6.45) is -2.42. The molecule has 6 atom stereocenters. The number of benzene rings is 3. The van der Waals surface area contributed by atoms with E-state index >= 15 is 0 Å². The van der Waals surface area contributed by atoms with Crippen molar-refractivity contribution >= 4 is 41.5 Å². The second-order valence-corrected chi connectivity index (χ2v) is 14.7. The van der Waals surface area contributed by atoms with Gasteiger partial charge in [-0.2, -0.15) is 13.2 Å². The number of nitrogens with two attached hydrogens (primary N) is 2. The lowest BCUT2D eigenvalue weighted by Crippen LogP contribution is -2.60. The molecule has 4 amide bonds. The Morgan fingerprint density at radius 1 is 0.833 bits per heavy atom. The van der Waals surface area contributed by atoms with Crippen molar-refractivity contribution in [2.75, 3.05) is 6.54 Å². The van der Waals surface area contributed by atoms with Crippen LogP contribution in [0.4, 0.5) is 13.2 Å². The molecule has 0 aromatic heterocycles. The average molecular weight is 838 g/mol. The number of hydrogen-bond acceptors (Lipinski definition) is 7. The number of carbonyl (C=O) groups is 6. The normalized spacial score (nSPS) is 19.3. The zero-order chi connectivity index (χ0) is 43.8. The fourth-order valence-corrected chi connectivity index (χ4v) is 7.50. The first kappa shape index (κ1) is 46.2. The van der Waals surface area contributed by atoms with Crippen molar-refractivity contribution < 1.29 is 52.2 Å². The van der Waals surface area contributed by atoms with Gasteiger partial charge in [0.15, 0.2) is 5.96 Å². The standard InChI is InChI=1S/C40H49N7O6.C2HF3O2/c41-40(42)43-20-10-17-31(37(51)44-30(25-36(49)50)22-27-13-6-2-7-14-27)46-38(52)34-24-29(21-26-11-4-1-5-12-26)33-19-18-32(39(53)47(33)34)45-35(48)23-28-15-8-3-9-16-28;3-2(4,5)1(6)7/h1-9,11-16,29-34H,10,17-25H2,(H,44,51)(H,45,48)(H,46,52)(H,49,50)(H4,41,42,43);(H,6,7)/t29-,30+,31-,32?,33+,34-;/m0./s1. The van der Waals surface area contributed by atoms with E-state index in [4.69, 9.17) is 21.4 Å². The maximum Gasteiger partial charge on any atom is 0.490 e. The lowest BCUT2D eigenvalue weighted by Gasteiger charge is -2.39. The van der Waals surface area contributed by atoms with Gasteiger partial charge in [0.05, 0.1) is 12.8 Å². The first-order valence-electron chi connectivity index (χ1n) is 19.4. The molecule has 18 heteroatoms. The van der Waals surface area contributed by atoms with Gasteiger partial charge < -0.3 is 42.5 Å². The summed E-state index contributed by atoms with van der Waals surface area (Å²) in [6.45, 7) is 0.212. The van der Waals surface area contributed by atoms with Gasteiger partial charge in [-0.1, -0.05) is 91.0 Å². The lowest BCUT2D eigenvalue weighted by molar-refractivity contribution is -0.192. The van der Waals surface area contributed by atoms with E-state index in [1.807, 2.05) is 91.0 Å². The molecule has 0 spiro atoms. The number of halogens is 3. The second-order valence-electron chi connectivity index (χ2n) is 14.7.